The van der Waals surface area contributed by atoms with Crippen molar-refractivity contribution in [3.63, 3.8) is 0 Å². The van der Waals surface area contributed by atoms with E-state index in [-0.39, 0.29) is 28.5 Å². The topological polar surface area (TPSA) is 52.6 Å². The van der Waals surface area contributed by atoms with Crippen molar-refractivity contribution in [2.75, 3.05) is 48.3 Å². The number of ketones is 2. The van der Waals surface area contributed by atoms with Gasteiger partial charge in [-0.15, -0.1) is 0 Å². The smallest absolute Gasteiger partial charge is 0.211 e. The first-order valence-corrected chi connectivity index (χ1v) is 15.2. The van der Waals surface area contributed by atoms with E-state index >= 15 is 0 Å². The van der Waals surface area contributed by atoms with E-state index in [0.717, 1.165) is 22.8 Å². The molecule has 2 aliphatic rings. The minimum Gasteiger partial charge on any atom is -1.00 e. The molecule has 2 aliphatic heterocycles. The minimum absolute atomic E-state index is 0. The van der Waals surface area contributed by atoms with Crippen LogP contribution in [0.2, 0.25) is 0 Å². The number of rotatable bonds is 7. The molecule has 2 aromatic rings. The SMILES string of the molecule is C1CCSC1.COc1ccc(C(=O)CBr)cc1.COc1ccc(C(=O)C[S+]2CCCC2)cc1.[Br-]. The number of Topliss-reactive ketones (excluding diaryl/α,β-unsaturated/α-hetero) is 2. The molecule has 0 aliphatic carbocycles. The van der Waals surface area contributed by atoms with E-state index in [0.29, 0.717) is 21.8 Å². The van der Waals surface area contributed by atoms with Gasteiger partial charge >= 0.3 is 0 Å². The van der Waals surface area contributed by atoms with Gasteiger partial charge in [0, 0.05) is 11.1 Å². The quantitative estimate of drug-likeness (QED) is 0.267. The Balaban J connectivity index is 0.000000283. The van der Waals surface area contributed by atoms with Crippen LogP contribution in [0.5, 0.6) is 11.5 Å². The van der Waals surface area contributed by atoms with Gasteiger partial charge in [-0.05, 0) is 96.6 Å². The summed E-state index contributed by atoms with van der Waals surface area (Å²) in [7, 11) is 3.59. The van der Waals surface area contributed by atoms with E-state index in [1.165, 1.54) is 48.7 Å². The summed E-state index contributed by atoms with van der Waals surface area (Å²) in [4.78, 5) is 23.1. The second-order valence-corrected chi connectivity index (χ2v) is 11.7. The Morgan fingerprint density at radius 3 is 1.59 bits per heavy atom. The van der Waals surface area contributed by atoms with Crippen LogP contribution in [-0.2, 0) is 10.9 Å². The third-order valence-electron chi connectivity index (χ3n) is 5.22. The Morgan fingerprint density at radius 1 is 0.794 bits per heavy atom. The Hall–Kier alpha value is -0.960. The van der Waals surface area contributed by atoms with Crippen LogP contribution in [0.25, 0.3) is 0 Å². The fraction of sp³-hybridized carbons (Fsp3) is 0.462. The maximum Gasteiger partial charge on any atom is 0.211 e. The van der Waals surface area contributed by atoms with Gasteiger partial charge in [0.25, 0.3) is 0 Å². The molecular formula is C26H34Br2O4S2. The first kappa shape index (κ1) is 31.1. The maximum atomic E-state index is 12.0. The molecule has 2 fully saturated rings. The molecule has 0 atom stereocenters. The zero-order valence-corrected chi connectivity index (χ0v) is 24.7. The van der Waals surface area contributed by atoms with Crippen molar-refractivity contribution in [3.05, 3.63) is 59.7 Å². The highest BCUT2D eigenvalue weighted by molar-refractivity contribution is 9.09. The zero-order chi connectivity index (χ0) is 23.9. The van der Waals surface area contributed by atoms with E-state index in [1.807, 2.05) is 24.3 Å². The monoisotopic (exact) mass is 632 g/mol. The highest BCUT2D eigenvalue weighted by atomic mass is 79.9. The predicted molar refractivity (Wildman–Crippen MR) is 146 cm³/mol. The van der Waals surface area contributed by atoms with Gasteiger partial charge in [0.05, 0.1) is 19.5 Å². The van der Waals surface area contributed by atoms with Gasteiger partial charge in [0.1, 0.15) is 23.0 Å². The number of carbonyl (C=O) groups is 2. The van der Waals surface area contributed by atoms with Crippen molar-refractivity contribution in [2.45, 2.75) is 25.7 Å². The summed E-state index contributed by atoms with van der Waals surface area (Å²) in [5.41, 5.74) is 1.52. The van der Waals surface area contributed by atoms with Crippen molar-refractivity contribution in [2.24, 2.45) is 0 Å². The van der Waals surface area contributed by atoms with E-state index < -0.39 is 0 Å². The Kier molecular flexibility index (Phi) is 16.7. The lowest BCUT2D eigenvalue weighted by Crippen LogP contribution is -3.00. The molecule has 2 aromatic carbocycles. The van der Waals surface area contributed by atoms with Crippen LogP contribution in [0.15, 0.2) is 48.5 Å². The molecule has 0 radical (unpaired) electrons. The van der Waals surface area contributed by atoms with Crippen LogP contribution < -0.4 is 26.5 Å². The highest BCUT2D eigenvalue weighted by Crippen LogP contribution is 2.17. The van der Waals surface area contributed by atoms with Crippen molar-refractivity contribution < 1.29 is 36.0 Å². The van der Waals surface area contributed by atoms with Crippen LogP contribution in [0, 0.1) is 0 Å². The van der Waals surface area contributed by atoms with Gasteiger partial charge in [-0.25, -0.2) is 0 Å². The number of methoxy groups -OCH3 is 2. The lowest BCUT2D eigenvalue weighted by Gasteiger charge is -2.02. The molecular weight excluding hydrogens is 600 g/mol. The van der Waals surface area contributed by atoms with Crippen molar-refractivity contribution in [1.82, 2.24) is 0 Å². The van der Waals surface area contributed by atoms with Gasteiger partial charge in [-0.3, -0.25) is 9.59 Å². The van der Waals surface area contributed by atoms with Crippen molar-refractivity contribution in [3.8, 4) is 11.5 Å². The van der Waals surface area contributed by atoms with E-state index in [9.17, 15) is 9.59 Å². The molecule has 4 nitrogen and oxygen atoms in total. The van der Waals surface area contributed by atoms with Crippen LogP contribution in [0.3, 0.4) is 0 Å². The number of alkyl halides is 1. The summed E-state index contributed by atoms with van der Waals surface area (Å²) in [5, 5.41) is 0.360. The minimum atomic E-state index is 0. The molecule has 2 saturated heterocycles. The molecule has 0 amide bonds. The van der Waals surface area contributed by atoms with Crippen LogP contribution >= 0.6 is 27.7 Å². The molecule has 4 rings (SSSR count). The second-order valence-electron chi connectivity index (χ2n) is 7.63. The first-order valence-electron chi connectivity index (χ1n) is 11.2. The molecule has 0 saturated carbocycles. The highest BCUT2D eigenvalue weighted by Gasteiger charge is 2.27. The first-order chi connectivity index (χ1) is 16.1. The Morgan fingerprint density at radius 2 is 1.24 bits per heavy atom. The third kappa shape index (κ3) is 11.6. The third-order valence-corrected chi connectivity index (χ3v) is 9.29. The van der Waals surface area contributed by atoms with Crippen LogP contribution in [0.1, 0.15) is 46.4 Å². The number of hydrogen-bond donors (Lipinski definition) is 0. The average Bonchev–Trinajstić information content (AvgIpc) is 3.61. The summed E-state index contributed by atoms with van der Waals surface area (Å²) < 4.78 is 10.0. The van der Waals surface area contributed by atoms with Gasteiger partial charge in [-0.1, -0.05) is 15.9 Å². The molecule has 0 aromatic heterocycles. The Labute approximate surface area is 230 Å². The molecule has 8 heteroatoms. The molecule has 0 spiro atoms. The number of carbonyl (C=O) groups excluding carboxylic acids is 2. The van der Waals surface area contributed by atoms with Gasteiger partial charge in [0.15, 0.2) is 11.5 Å². The lowest BCUT2D eigenvalue weighted by atomic mass is 10.1. The molecule has 0 N–H and O–H groups in total. The van der Waals surface area contributed by atoms with E-state index in [2.05, 4.69) is 27.7 Å². The summed E-state index contributed by atoms with van der Waals surface area (Å²) >= 11 is 5.18. The van der Waals surface area contributed by atoms with E-state index in [1.54, 1.807) is 38.5 Å². The fourth-order valence-electron chi connectivity index (χ4n) is 3.27. The molecule has 0 unspecified atom stereocenters. The summed E-state index contributed by atoms with van der Waals surface area (Å²) in [6, 6.07) is 14.5. The van der Waals surface area contributed by atoms with Crippen molar-refractivity contribution in [1.29, 1.82) is 0 Å². The maximum absolute atomic E-state index is 12.0. The van der Waals surface area contributed by atoms with Crippen LogP contribution in [-0.4, -0.2) is 59.9 Å². The standard InChI is InChI=1S/C13H17O2S.C9H9BrO2.C4H8S.BrH/c1-15-12-6-4-11(5-7-12)13(14)10-16-8-2-3-9-16;1-12-8-4-2-7(3-5-8)9(11)6-10;1-2-4-5-3-1;/h4-7H,2-3,8-10H2,1H3;2-5H,6H2,1H3;1-4H2;1H/q+1;;;/p-1. The van der Waals surface area contributed by atoms with Gasteiger partial charge in [-0.2, -0.15) is 11.8 Å². The number of thioether (sulfide) groups is 1. The molecule has 34 heavy (non-hydrogen) atoms. The number of benzene rings is 2. The molecule has 188 valence electrons. The number of halogens is 2. The summed E-state index contributed by atoms with van der Waals surface area (Å²) in [6.45, 7) is 0. The normalized spacial score (nSPS) is 14.6. The number of ether oxygens (including phenoxy) is 2. The van der Waals surface area contributed by atoms with Crippen molar-refractivity contribution >= 4 is 50.2 Å². The summed E-state index contributed by atoms with van der Waals surface area (Å²) in [5.74, 6) is 8.02. The largest absolute Gasteiger partial charge is 1.00 e. The molecule has 2 heterocycles. The van der Waals surface area contributed by atoms with Gasteiger partial charge < -0.3 is 26.5 Å². The summed E-state index contributed by atoms with van der Waals surface area (Å²) in [6.07, 6.45) is 5.54. The zero-order valence-electron chi connectivity index (χ0n) is 19.9. The average molecular weight is 634 g/mol. The van der Waals surface area contributed by atoms with Gasteiger partial charge in [0.2, 0.25) is 5.78 Å². The Bertz CT molecular complexity index is 827. The fourth-order valence-corrected chi connectivity index (χ4v) is 6.87. The van der Waals surface area contributed by atoms with E-state index in [4.69, 9.17) is 9.47 Å². The predicted octanol–water partition coefficient (Wildman–Crippen LogP) is 3.08. The number of hydrogen-bond acceptors (Lipinski definition) is 5. The second kappa shape index (κ2) is 18.3. The van der Waals surface area contributed by atoms with Crippen LogP contribution in [0.4, 0.5) is 0 Å². The lowest BCUT2D eigenvalue weighted by molar-refractivity contribution is -0.0000226. The molecule has 0 bridgehead atoms.